The number of hydrogen-bond donors (Lipinski definition) is 1. The summed E-state index contributed by atoms with van der Waals surface area (Å²) in [5.74, 6) is 0. The molecule has 0 bridgehead atoms. The van der Waals surface area contributed by atoms with Crippen LogP contribution in [-0.4, -0.2) is 42.9 Å². The molecule has 1 aromatic rings. The smallest absolute Gasteiger partial charge is 0.269 e. The van der Waals surface area contributed by atoms with E-state index in [-0.39, 0.29) is 17.4 Å². The second kappa shape index (κ2) is 6.98. The van der Waals surface area contributed by atoms with Crippen molar-refractivity contribution in [3.05, 3.63) is 39.9 Å². The Labute approximate surface area is 124 Å². The lowest BCUT2D eigenvalue weighted by molar-refractivity contribution is -0.384. The molecule has 1 aliphatic rings. The molecule has 6 nitrogen and oxygen atoms in total. The molecule has 2 rings (SSSR count). The Balaban J connectivity index is 1.68. The molecule has 1 aromatic carbocycles. The van der Waals surface area contributed by atoms with E-state index in [1.54, 1.807) is 12.1 Å². The van der Waals surface area contributed by atoms with Crippen LogP contribution in [-0.2, 0) is 15.9 Å². The van der Waals surface area contributed by atoms with Gasteiger partial charge in [0.1, 0.15) is 0 Å². The topological polar surface area (TPSA) is 73.6 Å². The van der Waals surface area contributed by atoms with Crippen molar-refractivity contribution >= 4 is 5.69 Å². The normalized spacial score (nSPS) is 21.1. The predicted molar refractivity (Wildman–Crippen MR) is 79.4 cm³/mol. The van der Waals surface area contributed by atoms with Crippen LogP contribution in [0.25, 0.3) is 0 Å². The van der Waals surface area contributed by atoms with Gasteiger partial charge < -0.3 is 14.8 Å². The first-order valence-electron chi connectivity index (χ1n) is 7.16. The Morgan fingerprint density at radius 3 is 2.76 bits per heavy atom. The fraction of sp³-hybridized carbons (Fsp3) is 0.600. The molecule has 1 aliphatic heterocycles. The zero-order valence-electron chi connectivity index (χ0n) is 12.5. The van der Waals surface area contributed by atoms with E-state index in [0.717, 1.165) is 25.1 Å². The van der Waals surface area contributed by atoms with Crippen molar-refractivity contribution in [1.29, 1.82) is 0 Å². The zero-order chi connectivity index (χ0) is 15.3. The van der Waals surface area contributed by atoms with Gasteiger partial charge in [0.15, 0.2) is 0 Å². The van der Waals surface area contributed by atoms with Gasteiger partial charge in [-0.25, -0.2) is 0 Å². The second-order valence-electron chi connectivity index (χ2n) is 5.88. The quantitative estimate of drug-likeness (QED) is 0.493. The summed E-state index contributed by atoms with van der Waals surface area (Å²) in [7, 11) is 0. The Bertz CT molecular complexity index is 473. The molecule has 1 N–H and O–H groups in total. The number of hydrogen-bond acceptors (Lipinski definition) is 5. The number of nitro benzene ring substituents is 1. The third-order valence-electron chi connectivity index (χ3n) is 3.39. The van der Waals surface area contributed by atoms with Crippen molar-refractivity contribution in [1.82, 2.24) is 5.32 Å². The molecule has 0 amide bonds. The number of rotatable bonds is 6. The van der Waals surface area contributed by atoms with Crippen LogP contribution in [0, 0.1) is 10.1 Å². The van der Waals surface area contributed by atoms with E-state index < -0.39 is 4.92 Å². The van der Waals surface area contributed by atoms with Crippen molar-refractivity contribution < 1.29 is 14.4 Å². The minimum absolute atomic E-state index is 0.0746. The SMILES string of the molecule is CC1(C)CNCC(COCCc2ccc([N+](=O)[O-])cc2)O1. The van der Waals surface area contributed by atoms with Gasteiger partial charge in [0.25, 0.3) is 5.69 Å². The number of benzene rings is 1. The van der Waals surface area contributed by atoms with Gasteiger partial charge in [-0.1, -0.05) is 12.1 Å². The molecular formula is C15H22N2O4. The van der Waals surface area contributed by atoms with Gasteiger partial charge in [-0.05, 0) is 25.8 Å². The van der Waals surface area contributed by atoms with Gasteiger partial charge in [0.05, 0.1) is 29.8 Å². The van der Waals surface area contributed by atoms with Crippen LogP contribution in [0.1, 0.15) is 19.4 Å². The molecular weight excluding hydrogens is 272 g/mol. The molecule has 21 heavy (non-hydrogen) atoms. The van der Waals surface area contributed by atoms with Gasteiger partial charge in [-0.3, -0.25) is 10.1 Å². The van der Waals surface area contributed by atoms with Crippen LogP contribution >= 0.6 is 0 Å². The number of nitrogens with zero attached hydrogens (tertiary/aromatic N) is 1. The van der Waals surface area contributed by atoms with Gasteiger partial charge in [-0.15, -0.1) is 0 Å². The van der Waals surface area contributed by atoms with Crippen LogP contribution in [0.2, 0.25) is 0 Å². The Hall–Kier alpha value is -1.50. The van der Waals surface area contributed by atoms with E-state index in [0.29, 0.717) is 13.2 Å². The van der Waals surface area contributed by atoms with Gasteiger partial charge >= 0.3 is 0 Å². The minimum Gasteiger partial charge on any atom is -0.378 e. The van der Waals surface area contributed by atoms with Crippen molar-refractivity contribution in [2.75, 3.05) is 26.3 Å². The standard InChI is InChI=1S/C15H22N2O4/c1-15(2)11-16-9-14(21-15)10-20-8-7-12-3-5-13(6-4-12)17(18)19/h3-6,14,16H,7-11H2,1-2H3. The molecule has 6 heteroatoms. The summed E-state index contributed by atoms with van der Waals surface area (Å²) >= 11 is 0. The molecule has 1 unspecified atom stereocenters. The highest BCUT2D eigenvalue weighted by atomic mass is 16.6. The Kier molecular flexibility index (Phi) is 5.27. The third kappa shape index (κ3) is 5.08. The summed E-state index contributed by atoms with van der Waals surface area (Å²) in [5, 5.41) is 13.9. The van der Waals surface area contributed by atoms with Crippen LogP contribution in [0.4, 0.5) is 5.69 Å². The lowest BCUT2D eigenvalue weighted by Crippen LogP contribution is -2.51. The highest BCUT2D eigenvalue weighted by Crippen LogP contribution is 2.16. The predicted octanol–water partition coefficient (Wildman–Crippen LogP) is 1.92. The van der Waals surface area contributed by atoms with Gasteiger partial charge in [-0.2, -0.15) is 0 Å². The maximum atomic E-state index is 10.6. The lowest BCUT2D eigenvalue weighted by atomic mass is 10.1. The lowest BCUT2D eigenvalue weighted by Gasteiger charge is -2.36. The molecule has 0 saturated carbocycles. The summed E-state index contributed by atoms with van der Waals surface area (Å²) in [6, 6.07) is 6.57. The van der Waals surface area contributed by atoms with Crippen LogP contribution in [0.5, 0.6) is 0 Å². The monoisotopic (exact) mass is 294 g/mol. The summed E-state index contributed by atoms with van der Waals surface area (Å²) < 4.78 is 11.6. The summed E-state index contributed by atoms with van der Waals surface area (Å²) in [4.78, 5) is 10.2. The van der Waals surface area contributed by atoms with Crippen molar-refractivity contribution in [2.24, 2.45) is 0 Å². The number of morpholine rings is 1. The fourth-order valence-corrected chi connectivity index (χ4v) is 2.35. The van der Waals surface area contributed by atoms with Crippen molar-refractivity contribution in [3.8, 4) is 0 Å². The van der Waals surface area contributed by atoms with E-state index >= 15 is 0 Å². The van der Waals surface area contributed by atoms with E-state index in [1.165, 1.54) is 12.1 Å². The van der Waals surface area contributed by atoms with E-state index in [4.69, 9.17) is 9.47 Å². The maximum Gasteiger partial charge on any atom is 0.269 e. The molecule has 1 atom stereocenters. The first-order valence-corrected chi connectivity index (χ1v) is 7.16. The Morgan fingerprint density at radius 1 is 1.43 bits per heavy atom. The van der Waals surface area contributed by atoms with Crippen molar-refractivity contribution in [2.45, 2.75) is 32.0 Å². The number of ether oxygens (including phenoxy) is 2. The molecule has 0 aliphatic carbocycles. The molecule has 116 valence electrons. The first kappa shape index (κ1) is 15.9. The van der Waals surface area contributed by atoms with Crippen LogP contribution in [0.15, 0.2) is 24.3 Å². The van der Waals surface area contributed by atoms with E-state index in [1.807, 2.05) is 0 Å². The summed E-state index contributed by atoms with van der Waals surface area (Å²) in [6.07, 6.45) is 0.812. The molecule has 0 radical (unpaired) electrons. The second-order valence-corrected chi connectivity index (χ2v) is 5.88. The Morgan fingerprint density at radius 2 is 2.14 bits per heavy atom. The van der Waals surface area contributed by atoms with Gasteiger partial charge in [0.2, 0.25) is 0 Å². The minimum atomic E-state index is -0.393. The highest BCUT2D eigenvalue weighted by Gasteiger charge is 2.28. The number of nitro groups is 1. The molecule has 0 spiro atoms. The van der Waals surface area contributed by atoms with E-state index in [2.05, 4.69) is 19.2 Å². The fourth-order valence-electron chi connectivity index (χ4n) is 2.35. The maximum absolute atomic E-state index is 10.6. The third-order valence-corrected chi connectivity index (χ3v) is 3.39. The largest absolute Gasteiger partial charge is 0.378 e. The van der Waals surface area contributed by atoms with Crippen LogP contribution < -0.4 is 5.32 Å². The molecule has 1 fully saturated rings. The highest BCUT2D eigenvalue weighted by molar-refractivity contribution is 5.32. The zero-order valence-corrected chi connectivity index (χ0v) is 12.5. The van der Waals surface area contributed by atoms with Crippen LogP contribution in [0.3, 0.4) is 0 Å². The van der Waals surface area contributed by atoms with Gasteiger partial charge in [0, 0.05) is 25.2 Å². The summed E-state index contributed by atoms with van der Waals surface area (Å²) in [6.45, 7) is 6.92. The number of nitrogens with one attached hydrogen (secondary N) is 1. The first-order chi connectivity index (χ1) is 9.96. The molecule has 1 heterocycles. The average Bonchev–Trinajstić information content (AvgIpc) is 2.43. The number of non-ortho nitro benzene ring substituents is 1. The molecule has 0 aromatic heterocycles. The molecule has 1 saturated heterocycles. The van der Waals surface area contributed by atoms with Crippen molar-refractivity contribution in [3.63, 3.8) is 0 Å². The average molecular weight is 294 g/mol. The summed E-state index contributed by atoms with van der Waals surface area (Å²) in [5.41, 5.74) is 0.997. The van der Waals surface area contributed by atoms with E-state index in [9.17, 15) is 10.1 Å².